The monoisotopic (exact) mass is 335 g/mol. The Kier molecular flexibility index (Phi) is 4.89. The highest BCUT2D eigenvalue weighted by molar-refractivity contribution is 9.10. The molecule has 1 aromatic rings. The van der Waals surface area contributed by atoms with Gasteiger partial charge in [-0.05, 0) is 34.0 Å². The van der Waals surface area contributed by atoms with E-state index >= 15 is 0 Å². The molecule has 7 heteroatoms. The summed E-state index contributed by atoms with van der Waals surface area (Å²) in [5.74, 6) is -1.54. The molecule has 0 radical (unpaired) electrons. The minimum atomic E-state index is -3.86. The zero-order valence-electron chi connectivity index (χ0n) is 9.92. The highest BCUT2D eigenvalue weighted by Gasteiger charge is 2.28. The van der Waals surface area contributed by atoms with Crippen molar-refractivity contribution >= 4 is 31.9 Å². The van der Waals surface area contributed by atoms with Crippen molar-refractivity contribution in [3.05, 3.63) is 28.7 Å². The Balaban J connectivity index is 3.09. The van der Waals surface area contributed by atoms with Crippen LogP contribution in [0.2, 0.25) is 0 Å². The number of sulfonamides is 1. The Morgan fingerprint density at radius 1 is 1.33 bits per heavy atom. The first-order valence-corrected chi connectivity index (χ1v) is 7.53. The molecule has 0 spiro atoms. The summed E-state index contributed by atoms with van der Waals surface area (Å²) in [5.41, 5.74) is 0. The molecule has 0 bridgehead atoms. The van der Waals surface area contributed by atoms with E-state index in [1.165, 1.54) is 6.07 Å². The van der Waals surface area contributed by atoms with Crippen LogP contribution in [0.5, 0.6) is 0 Å². The molecule has 0 fully saturated rings. The Hall–Kier alpha value is -0.920. The van der Waals surface area contributed by atoms with Crippen LogP contribution in [-0.4, -0.2) is 25.5 Å². The first-order chi connectivity index (χ1) is 8.25. The summed E-state index contributed by atoms with van der Waals surface area (Å²) in [6.07, 6.45) is 0. The molecule has 5 nitrogen and oxygen atoms in total. The van der Waals surface area contributed by atoms with Gasteiger partial charge in [-0.3, -0.25) is 4.79 Å². The lowest BCUT2D eigenvalue weighted by Gasteiger charge is -2.18. The van der Waals surface area contributed by atoms with Gasteiger partial charge in [-0.15, -0.1) is 0 Å². The summed E-state index contributed by atoms with van der Waals surface area (Å²) in [6.45, 7) is 3.28. The van der Waals surface area contributed by atoms with Crippen molar-refractivity contribution in [2.24, 2.45) is 5.92 Å². The van der Waals surface area contributed by atoms with Crippen LogP contribution in [0.15, 0.2) is 33.6 Å². The zero-order chi connectivity index (χ0) is 13.9. The number of halogens is 1. The number of carbonyl (C=O) groups is 1. The maximum Gasteiger partial charge on any atom is 0.322 e. The Morgan fingerprint density at radius 3 is 2.33 bits per heavy atom. The molecule has 0 aliphatic rings. The summed E-state index contributed by atoms with van der Waals surface area (Å²) in [6, 6.07) is 5.10. The van der Waals surface area contributed by atoms with Gasteiger partial charge < -0.3 is 5.11 Å². The number of benzene rings is 1. The van der Waals surface area contributed by atoms with E-state index in [0.717, 1.165) is 0 Å². The highest BCUT2D eigenvalue weighted by Crippen LogP contribution is 2.21. The lowest BCUT2D eigenvalue weighted by Crippen LogP contribution is -2.44. The van der Waals surface area contributed by atoms with Crippen LogP contribution in [0.4, 0.5) is 0 Å². The first-order valence-electron chi connectivity index (χ1n) is 5.25. The third kappa shape index (κ3) is 3.54. The van der Waals surface area contributed by atoms with Crippen molar-refractivity contribution in [2.75, 3.05) is 0 Å². The predicted molar refractivity (Wildman–Crippen MR) is 70.7 cm³/mol. The minimum absolute atomic E-state index is 0.0249. The molecule has 1 atom stereocenters. The van der Waals surface area contributed by atoms with E-state index in [-0.39, 0.29) is 10.8 Å². The van der Waals surface area contributed by atoms with Crippen molar-refractivity contribution in [2.45, 2.75) is 24.8 Å². The summed E-state index contributed by atoms with van der Waals surface area (Å²) in [5, 5.41) is 8.98. The SMILES string of the molecule is CC(C)[C@H](NS(=O)(=O)c1ccccc1Br)C(=O)O. The summed E-state index contributed by atoms with van der Waals surface area (Å²) in [7, 11) is -3.86. The largest absolute Gasteiger partial charge is 0.480 e. The summed E-state index contributed by atoms with van der Waals surface area (Å²) >= 11 is 3.13. The van der Waals surface area contributed by atoms with Gasteiger partial charge in [0.25, 0.3) is 0 Å². The van der Waals surface area contributed by atoms with Gasteiger partial charge in [-0.1, -0.05) is 26.0 Å². The third-order valence-electron chi connectivity index (χ3n) is 2.34. The standard InChI is InChI=1S/C11H14BrNO4S/c1-7(2)10(11(14)15)13-18(16,17)9-6-4-3-5-8(9)12/h3-7,10,13H,1-2H3,(H,14,15)/t10-/m0/s1. The summed E-state index contributed by atoms with van der Waals surface area (Å²) in [4.78, 5) is 11.0. The Bertz CT molecular complexity index is 542. The lowest BCUT2D eigenvalue weighted by atomic mass is 10.1. The second-order valence-electron chi connectivity index (χ2n) is 4.11. The molecule has 1 rings (SSSR count). The van der Waals surface area contributed by atoms with Crippen molar-refractivity contribution in [1.82, 2.24) is 4.72 Å². The van der Waals surface area contributed by atoms with E-state index < -0.39 is 22.0 Å². The number of nitrogens with one attached hydrogen (secondary N) is 1. The predicted octanol–water partition coefficient (Wildman–Crippen LogP) is 1.84. The van der Waals surface area contributed by atoms with E-state index in [4.69, 9.17) is 5.11 Å². The minimum Gasteiger partial charge on any atom is -0.480 e. The van der Waals surface area contributed by atoms with Gasteiger partial charge in [0.05, 0.1) is 4.90 Å². The summed E-state index contributed by atoms with van der Waals surface area (Å²) < 4.78 is 26.7. The first kappa shape index (κ1) is 15.1. The molecule has 1 aromatic carbocycles. The molecule has 100 valence electrons. The molecule has 0 aliphatic carbocycles. The number of carboxylic acids is 1. The molecule has 0 unspecified atom stereocenters. The molecule has 0 saturated heterocycles. The van der Waals surface area contributed by atoms with Crippen LogP contribution in [0, 0.1) is 5.92 Å². The molecular formula is C11H14BrNO4S. The lowest BCUT2D eigenvalue weighted by molar-refractivity contribution is -0.140. The molecule has 0 saturated carbocycles. The number of hydrogen-bond acceptors (Lipinski definition) is 3. The van der Waals surface area contributed by atoms with Crippen LogP contribution in [0.25, 0.3) is 0 Å². The average Bonchev–Trinajstić information content (AvgIpc) is 2.25. The zero-order valence-corrected chi connectivity index (χ0v) is 12.3. The average molecular weight is 336 g/mol. The van der Waals surface area contributed by atoms with Crippen molar-refractivity contribution in [3.8, 4) is 0 Å². The van der Waals surface area contributed by atoms with E-state index in [2.05, 4.69) is 20.7 Å². The fourth-order valence-electron chi connectivity index (χ4n) is 1.36. The second-order valence-corrected chi connectivity index (χ2v) is 6.65. The van der Waals surface area contributed by atoms with Gasteiger partial charge in [0.2, 0.25) is 10.0 Å². The van der Waals surface area contributed by atoms with Crippen LogP contribution < -0.4 is 4.72 Å². The second kappa shape index (κ2) is 5.81. The van der Waals surface area contributed by atoms with Gasteiger partial charge in [-0.2, -0.15) is 4.72 Å². The number of carboxylic acid groups (broad SMARTS) is 1. The van der Waals surface area contributed by atoms with Crippen LogP contribution in [0.1, 0.15) is 13.8 Å². The van der Waals surface area contributed by atoms with Gasteiger partial charge >= 0.3 is 5.97 Å². The Labute approximate surface area is 114 Å². The number of aliphatic carboxylic acids is 1. The van der Waals surface area contributed by atoms with E-state index in [9.17, 15) is 13.2 Å². The smallest absolute Gasteiger partial charge is 0.322 e. The fourth-order valence-corrected chi connectivity index (χ4v) is 3.71. The van der Waals surface area contributed by atoms with Crippen molar-refractivity contribution < 1.29 is 18.3 Å². The van der Waals surface area contributed by atoms with Gasteiger partial charge in [0.1, 0.15) is 6.04 Å². The molecular weight excluding hydrogens is 322 g/mol. The molecule has 0 aliphatic heterocycles. The normalized spacial score (nSPS) is 13.6. The number of hydrogen-bond donors (Lipinski definition) is 2. The highest BCUT2D eigenvalue weighted by atomic mass is 79.9. The maximum atomic E-state index is 12.1. The third-order valence-corrected chi connectivity index (χ3v) is 4.79. The quantitative estimate of drug-likeness (QED) is 0.859. The van der Waals surface area contributed by atoms with Gasteiger partial charge in [-0.25, -0.2) is 8.42 Å². The molecule has 0 amide bonds. The van der Waals surface area contributed by atoms with Crippen molar-refractivity contribution in [1.29, 1.82) is 0 Å². The van der Waals surface area contributed by atoms with Crippen LogP contribution >= 0.6 is 15.9 Å². The van der Waals surface area contributed by atoms with Gasteiger partial charge in [0.15, 0.2) is 0 Å². The molecule has 0 heterocycles. The molecule has 2 N–H and O–H groups in total. The van der Waals surface area contributed by atoms with E-state index in [1.807, 2.05) is 0 Å². The van der Waals surface area contributed by atoms with Crippen LogP contribution in [0.3, 0.4) is 0 Å². The van der Waals surface area contributed by atoms with Gasteiger partial charge in [0, 0.05) is 4.47 Å². The van der Waals surface area contributed by atoms with Crippen molar-refractivity contribution in [3.63, 3.8) is 0 Å². The van der Waals surface area contributed by atoms with E-state index in [1.54, 1.807) is 32.0 Å². The number of rotatable bonds is 5. The molecule has 18 heavy (non-hydrogen) atoms. The Morgan fingerprint density at radius 2 is 1.89 bits per heavy atom. The topological polar surface area (TPSA) is 83.5 Å². The molecule has 0 aromatic heterocycles. The van der Waals surface area contributed by atoms with E-state index in [0.29, 0.717) is 4.47 Å². The fraction of sp³-hybridized carbons (Fsp3) is 0.364. The van der Waals surface area contributed by atoms with Crippen LogP contribution in [-0.2, 0) is 14.8 Å². The maximum absolute atomic E-state index is 12.1.